The van der Waals surface area contributed by atoms with Gasteiger partial charge in [-0.2, -0.15) is 0 Å². The number of thioether (sulfide) groups is 1. The average Bonchev–Trinajstić information content (AvgIpc) is 2.76. The number of piperidine rings is 1. The second kappa shape index (κ2) is 14.1. The number of unbranched alkanes of at least 4 members (excludes halogenated alkanes) is 1. The van der Waals surface area contributed by atoms with Crippen LogP contribution in [0.1, 0.15) is 38.2 Å². The van der Waals surface area contributed by atoms with Crippen molar-refractivity contribution in [3.63, 3.8) is 0 Å². The van der Waals surface area contributed by atoms with Crippen LogP contribution in [0, 0.1) is 0 Å². The Bertz CT molecular complexity index is 667. The lowest BCUT2D eigenvalue weighted by Gasteiger charge is -2.31. The SMILES string of the molecule is CCNC(=O)N1CCC(SC(=S)NCCCCNC(=O)NCc2ccccc2)CC1. The predicted molar refractivity (Wildman–Crippen MR) is 128 cm³/mol. The van der Waals surface area contributed by atoms with Crippen molar-refractivity contribution in [3.05, 3.63) is 35.9 Å². The number of hydrogen-bond acceptors (Lipinski definition) is 4. The molecule has 0 atom stereocenters. The monoisotopic (exact) mass is 451 g/mol. The molecule has 1 heterocycles. The first-order chi connectivity index (χ1) is 14.6. The summed E-state index contributed by atoms with van der Waals surface area (Å²) >= 11 is 7.14. The van der Waals surface area contributed by atoms with Crippen molar-refractivity contribution < 1.29 is 9.59 Å². The normalized spacial score (nSPS) is 14.1. The molecule has 0 aliphatic carbocycles. The number of nitrogens with one attached hydrogen (secondary N) is 4. The third-order valence-corrected chi connectivity index (χ3v) is 6.38. The number of thiocarbonyl (C=S) groups is 1. The zero-order valence-corrected chi connectivity index (χ0v) is 19.2. The minimum atomic E-state index is -0.142. The molecule has 0 saturated carbocycles. The van der Waals surface area contributed by atoms with E-state index < -0.39 is 0 Å². The van der Waals surface area contributed by atoms with Crippen LogP contribution in [0.3, 0.4) is 0 Å². The number of carbonyl (C=O) groups is 2. The molecule has 9 heteroatoms. The quantitative estimate of drug-likeness (QED) is 0.343. The number of likely N-dealkylation sites (tertiary alicyclic amines) is 1. The van der Waals surface area contributed by atoms with E-state index in [-0.39, 0.29) is 12.1 Å². The van der Waals surface area contributed by atoms with Crippen molar-refractivity contribution in [2.45, 2.75) is 44.4 Å². The summed E-state index contributed by atoms with van der Waals surface area (Å²) in [7, 11) is 0. The van der Waals surface area contributed by atoms with Crippen molar-refractivity contribution in [1.82, 2.24) is 26.2 Å². The van der Waals surface area contributed by atoms with Crippen LogP contribution in [-0.2, 0) is 6.54 Å². The Labute approximate surface area is 189 Å². The minimum Gasteiger partial charge on any atom is -0.371 e. The van der Waals surface area contributed by atoms with Crippen molar-refractivity contribution in [1.29, 1.82) is 0 Å². The average molecular weight is 452 g/mol. The molecule has 7 nitrogen and oxygen atoms in total. The highest BCUT2D eigenvalue weighted by Gasteiger charge is 2.23. The summed E-state index contributed by atoms with van der Waals surface area (Å²) in [5.74, 6) is 0. The van der Waals surface area contributed by atoms with Gasteiger partial charge in [-0.1, -0.05) is 54.3 Å². The lowest BCUT2D eigenvalue weighted by atomic mass is 10.1. The number of urea groups is 2. The van der Waals surface area contributed by atoms with Crippen LogP contribution in [0.5, 0.6) is 0 Å². The minimum absolute atomic E-state index is 0.0315. The van der Waals surface area contributed by atoms with E-state index in [0.717, 1.165) is 55.2 Å². The summed E-state index contributed by atoms with van der Waals surface area (Å²) in [6, 6.07) is 9.73. The largest absolute Gasteiger partial charge is 0.371 e. The van der Waals surface area contributed by atoms with E-state index >= 15 is 0 Å². The van der Waals surface area contributed by atoms with Gasteiger partial charge < -0.3 is 26.2 Å². The van der Waals surface area contributed by atoms with Crippen LogP contribution in [0.15, 0.2) is 30.3 Å². The van der Waals surface area contributed by atoms with Crippen LogP contribution in [0.25, 0.3) is 0 Å². The molecular formula is C21H33N5O2S2. The summed E-state index contributed by atoms with van der Waals surface area (Å²) in [5, 5.41) is 12.3. The molecule has 1 aliphatic rings. The van der Waals surface area contributed by atoms with E-state index in [1.807, 2.05) is 42.2 Å². The summed E-state index contributed by atoms with van der Waals surface area (Å²) in [4.78, 5) is 25.5. The number of nitrogens with zero attached hydrogens (tertiary/aromatic N) is 1. The summed E-state index contributed by atoms with van der Waals surface area (Å²) in [5.41, 5.74) is 1.08. The van der Waals surface area contributed by atoms with Crippen LogP contribution in [-0.4, -0.2) is 59.3 Å². The van der Waals surface area contributed by atoms with Crippen molar-refractivity contribution >= 4 is 40.4 Å². The molecule has 0 unspecified atom stereocenters. The molecule has 1 saturated heterocycles. The Morgan fingerprint density at radius 1 is 1.03 bits per heavy atom. The van der Waals surface area contributed by atoms with Gasteiger partial charge in [-0.3, -0.25) is 0 Å². The Kier molecular flexibility index (Phi) is 11.4. The Morgan fingerprint density at radius 3 is 2.37 bits per heavy atom. The fourth-order valence-corrected chi connectivity index (χ4v) is 4.56. The van der Waals surface area contributed by atoms with Gasteiger partial charge in [0.1, 0.15) is 4.32 Å². The second-order valence-electron chi connectivity index (χ2n) is 7.16. The Hall–Kier alpha value is -2.00. The number of carbonyl (C=O) groups excluding carboxylic acids is 2. The van der Waals surface area contributed by atoms with Crippen LogP contribution >= 0.6 is 24.0 Å². The fourth-order valence-electron chi connectivity index (χ4n) is 3.12. The van der Waals surface area contributed by atoms with Crippen LogP contribution < -0.4 is 21.3 Å². The number of rotatable bonds is 9. The van der Waals surface area contributed by atoms with E-state index in [1.54, 1.807) is 11.8 Å². The standard InChI is InChI=1S/C21H33N5O2S2/c1-2-22-20(28)26-14-10-18(11-15-26)30-21(29)24-13-7-6-12-23-19(27)25-16-17-8-4-3-5-9-17/h3-5,8-9,18H,2,6-7,10-16H2,1H3,(H,22,28)(H,24,29)(H2,23,25,27). The maximum absolute atomic E-state index is 11.8. The van der Waals surface area contributed by atoms with Gasteiger partial charge >= 0.3 is 12.1 Å². The van der Waals surface area contributed by atoms with Gasteiger partial charge in [-0.15, -0.1) is 0 Å². The first-order valence-corrected chi connectivity index (χ1v) is 11.9. The summed E-state index contributed by atoms with van der Waals surface area (Å²) < 4.78 is 0.819. The fraction of sp³-hybridized carbons (Fsp3) is 0.571. The van der Waals surface area contributed by atoms with E-state index in [4.69, 9.17) is 12.2 Å². The third-order valence-electron chi connectivity index (χ3n) is 4.79. The van der Waals surface area contributed by atoms with Gasteiger partial charge in [-0.05, 0) is 38.2 Å². The number of hydrogen-bond donors (Lipinski definition) is 4. The lowest BCUT2D eigenvalue weighted by molar-refractivity contribution is 0.188. The zero-order valence-electron chi connectivity index (χ0n) is 17.6. The first-order valence-electron chi connectivity index (χ1n) is 10.6. The smallest absolute Gasteiger partial charge is 0.317 e. The molecule has 0 radical (unpaired) electrons. The van der Waals surface area contributed by atoms with Crippen molar-refractivity contribution in [2.75, 3.05) is 32.7 Å². The van der Waals surface area contributed by atoms with E-state index in [0.29, 0.717) is 24.9 Å². The first kappa shape index (κ1) is 24.3. The molecule has 0 spiro atoms. The molecule has 0 aromatic heterocycles. The molecule has 4 N–H and O–H groups in total. The molecule has 1 aliphatic heterocycles. The van der Waals surface area contributed by atoms with Crippen molar-refractivity contribution in [3.8, 4) is 0 Å². The molecule has 30 heavy (non-hydrogen) atoms. The van der Waals surface area contributed by atoms with Gasteiger partial charge in [0.25, 0.3) is 0 Å². The summed E-state index contributed by atoms with van der Waals surface area (Å²) in [6.45, 7) is 6.13. The third kappa shape index (κ3) is 9.67. The zero-order chi connectivity index (χ0) is 21.6. The molecule has 1 aromatic rings. The van der Waals surface area contributed by atoms with Gasteiger partial charge in [0, 0.05) is 44.5 Å². The second-order valence-corrected chi connectivity index (χ2v) is 9.13. The molecule has 1 fully saturated rings. The van der Waals surface area contributed by atoms with Gasteiger partial charge in [0.15, 0.2) is 0 Å². The maximum Gasteiger partial charge on any atom is 0.317 e. The maximum atomic E-state index is 11.8. The van der Waals surface area contributed by atoms with E-state index in [2.05, 4.69) is 21.3 Å². The highest BCUT2D eigenvalue weighted by Crippen LogP contribution is 2.24. The predicted octanol–water partition coefficient (Wildman–Crippen LogP) is 3.07. The summed E-state index contributed by atoms with van der Waals surface area (Å²) in [6.07, 6.45) is 3.76. The topological polar surface area (TPSA) is 85.5 Å². The van der Waals surface area contributed by atoms with E-state index in [9.17, 15) is 9.59 Å². The lowest BCUT2D eigenvalue weighted by Crippen LogP contribution is -2.45. The molecule has 166 valence electrons. The Balaban J connectivity index is 1.45. The number of benzene rings is 1. The molecule has 2 rings (SSSR count). The van der Waals surface area contributed by atoms with Crippen molar-refractivity contribution in [2.24, 2.45) is 0 Å². The molecule has 1 aromatic carbocycles. The van der Waals surface area contributed by atoms with Gasteiger partial charge in [0.05, 0.1) is 0 Å². The van der Waals surface area contributed by atoms with E-state index in [1.165, 1.54) is 0 Å². The highest BCUT2D eigenvalue weighted by molar-refractivity contribution is 8.23. The van der Waals surface area contributed by atoms with Crippen LogP contribution in [0.4, 0.5) is 9.59 Å². The van der Waals surface area contributed by atoms with Gasteiger partial charge in [0.2, 0.25) is 0 Å². The molecule has 4 amide bonds. The molecular weight excluding hydrogens is 418 g/mol. The van der Waals surface area contributed by atoms with Crippen LogP contribution in [0.2, 0.25) is 0 Å². The molecule has 0 bridgehead atoms. The number of amides is 4. The Morgan fingerprint density at radius 2 is 1.70 bits per heavy atom. The van der Waals surface area contributed by atoms with Gasteiger partial charge in [-0.25, -0.2) is 9.59 Å². The highest BCUT2D eigenvalue weighted by atomic mass is 32.2.